The van der Waals surface area contributed by atoms with Crippen LogP contribution >= 0.6 is 0 Å². The Kier molecular flexibility index (Phi) is 4.16. The monoisotopic (exact) mass is 409 g/mol. The predicted molar refractivity (Wildman–Crippen MR) is 104 cm³/mol. The number of nitrogens with one attached hydrogen (secondary N) is 1. The lowest BCUT2D eigenvalue weighted by molar-refractivity contribution is -0.146. The van der Waals surface area contributed by atoms with E-state index in [2.05, 4.69) is 20.6 Å². The summed E-state index contributed by atoms with van der Waals surface area (Å²) >= 11 is 0. The molecule has 0 saturated carbocycles. The van der Waals surface area contributed by atoms with Gasteiger partial charge in [-0.2, -0.15) is 17.7 Å². The van der Waals surface area contributed by atoms with E-state index in [4.69, 9.17) is 4.42 Å². The van der Waals surface area contributed by atoms with E-state index in [0.717, 1.165) is 16.5 Å². The van der Waals surface area contributed by atoms with Gasteiger partial charge >= 0.3 is 6.18 Å². The molecule has 0 aliphatic heterocycles. The van der Waals surface area contributed by atoms with Crippen molar-refractivity contribution in [3.05, 3.63) is 89.9 Å². The number of para-hydroxylation sites is 1. The van der Waals surface area contributed by atoms with Crippen LogP contribution in [0.15, 0.2) is 77.2 Å². The van der Waals surface area contributed by atoms with E-state index in [9.17, 15) is 13.2 Å². The molecule has 0 fully saturated rings. The molecule has 5 rings (SSSR count). The van der Waals surface area contributed by atoms with Crippen molar-refractivity contribution in [3.63, 3.8) is 0 Å². The third-order valence-corrected chi connectivity index (χ3v) is 4.67. The molecule has 3 heterocycles. The molecule has 1 N–H and O–H groups in total. The van der Waals surface area contributed by atoms with Crippen molar-refractivity contribution in [2.75, 3.05) is 5.32 Å². The van der Waals surface area contributed by atoms with Crippen molar-refractivity contribution in [1.82, 2.24) is 19.8 Å². The Morgan fingerprint density at radius 2 is 1.67 bits per heavy atom. The molecule has 1 atom stereocenters. The quantitative estimate of drug-likeness (QED) is 0.448. The van der Waals surface area contributed by atoms with Crippen LogP contribution in [-0.4, -0.2) is 19.8 Å². The van der Waals surface area contributed by atoms with Crippen LogP contribution in [-0.2, 0) is 6.18 Å². The number of fused-ring (bicyclic) bond motifs is 2. The zero-order valence-electron chi connectivity index (χ0n) is 15.3. The van der Waals surface area contributed by atoms with E-state index >= 15 is 0 Å². The number of alkyl halides is 3. The predicted octanol–water partition coefficient (Wildman–Crippen LogP) is 5.09. The highest BCUT2D eigenvalue weighted by molar-refractivity contribution is 5.78. The van der Waals surface area contributed by atoms with E-state index in [1.54, 1.807) is 6.07 Å². The highest BCUT2D eigenvalue weighted by Gasteiger charge is 2.37. The number of furan rings is 1. The van der Waals surface area contributed by atoms with Crippen molar-refractivity contribution >= 4 is 22.4 Å². The van der Waals surface area contributed by atoms with Crippen LogP contribution in [0.3, 0.4) is 0 Å². The van der Waals surface area contributed by atoms with Crippen LogP contribution in [0.4, 0.5) is 19.0 Å². The maximum absolute atomic E-state index is 13.2. The topological polar surface area (TPSA) is 68.2 Å². The van der Waals surface area contributed by atoms with E-state index in [1.807, 2.05) is 60.7 Å². The van der Waals surface area contributed by atoms with Gasteiger partial charge in [0.2, 0.25) is 0 Å². The summed E-state index contributed by atoms with van der Waals surface area (Å²) in [5.74, 6) is -0.340. The van der Waals surface area contributed by atoms with Crippen LogP contribution < -0.4 is 5.32 Å². The number of hydrogen-bond donors (Lipinski definition) is 1. The summed E-state index contributed by atoms with van der Waals surface area (Å²) < 4.78 is 46.3. The molecule has 1 unspecified atom stereocenters. The molecule has 0 amide bonds. The van der Waals surface area contributed by atoms with Crippen molar-refractivity contribution in [3.8, 4) is 0 Å². The summed E-state index contributed by atoms with van der Waals surface area (Å²) in [7, 11) is 0. The molecule has 0 spiro atoms. The van der Waals surface area contributed by atoms with Gasteiger partial charge in [0.15, 0.2) is 5.65 Å². The van der Waals surface area contributed by atoms with Gasteiger partial charge in [-0.15, -0.1) is 15.3 Å². The van der Waals surface area contributed by atoms with Gasteiger partial charge in [-0.1, -0.05) is 48.5 Å². The summed E-state index contributed by atoms with van der Waals surface area (Å²) in [6.07, 6.45) is -4.66. The molecule has 0 bridgehead atoms. The Bertz CT molecular complexity index is 1290. The highest BCUT2D eigenvalue weighted by Crippen LogP contribution is 2.32. The molecule has 0 saturated heterocycles. The minimum absolute atomic E-state index is 0.00729. The van der Waals surface area contributed by atoms with Crippen molar-refractivity contribution < 1.29 is 17.6 Å². The van der Waals surface area contributed by atoms with E-state index in [0.29, 0.717) is 10.3 Å². The fourth-order valence-corrected chi connectivity index (χ4v) is 3.30. The second-order valence-electron chi connectivity index (χ2n) is 6.68. The van der Waals surface area contributed by atoms with Gasteiger partial charge in [0.1, 0.15) is 23.2 Å². The number of hydrogen-bond acceptors (Lipinski definition) is 5. The standard InChI is InChI=1S/C21H14F3N5O/c22-21(23,24)20-27-26-18-11-10-17(28-29(18)20)25-19(13-6-2-1-3-7-13)16-12-14-8-4-5-9-15(14)30-16/h1-12,19H,(H,25,28). The first kappa shape index (κ1) is 18.2. The lowest BCUT2D eigenvalue weighted by Crippen LogP contribution is -2.16. The average Bonchev–Trinajstić information content (AvgIpc) is 3.36. The average molecular weight is 409 g/mol. The molecule has 30 heavy (non-hydrogen) atoms. The van der Waals surface area contributed by atoms with Gasteiger partial charge < -0.3 is 9.73 Å². The number of aromatic nitrogens is 4. The summed E-state index contributed by atoms with van der Waals surface area (Å²) in [4.78, 5) is 0. The summed E-state index contributed by atoms with van der Waals surface area (Å²) in [6, 6.07) is 21.5. The molecule has 0 aliphatic rings. The fraction of sp³-hybridized carbons (Fsp3) is 0.0952. The summed E-state index contributed by atoms with van der Waals surface area (Å²) in [5, 5.41) is 14.9. The van der Waals surface area contributed by atoms with Gasteiger partial charge in [-0.05, 0) is 29.8 Å². The Labute approximate surface area is 168 Å². The largest absolute Gasteiger partial charge is 0.459 e. The molecule has 0 aliphatic carbocycles. The minimum Gasteiger partial charge on any atom is -0.459 e. The smallest absolute Gasteiger partial charge is 0.453 e. The molecule has 3 aromatic heterocycles. The lowest BCUT2D eigenvalue weighted by atomic mass is 10.0. The number of benzene rings is 2. The fourth-order valence-electron chi connectivity index (χ4n) is 3.30. The normalized spacial score (nSPS) is 13.0. The molecule has 2 aromatic carbocycles. The zero-order valence-corrected chi connectivity index (χ0v) is 15.3. The third-order valence-electron chi connectivity index (χ3n) is 4.67. The van der Waals surface area contributed by atoms with Crippen molar-refractivity contribution in [1.29, 1.82) is 0 Å². The molecule has 9 heteroatoms. The highest BCUT2D eigenvalue weighted by atomic mass is 19.4. The first-order valence-electron chi connectivity index (χ1n) is 9.09. The molecule has 0 radical (unpaired) electrons. The Hall–Kier alpha value is -3.88. The van der Waals surface area contributed by atoms with Crippen molar-refractivity contribution in [2.45, 2.75) is 12.2 Å². The van der Waals surface area contributed by atoms with Gasteiger partial charge in [-0.25, -0.2) is 0 Å². The van der Waals surface area contributed by atoms with Crippen LogP contribution in [0.2, 0.25) is 0 Å². The second kappa shape index (κ2) is 6.87. The summed E-state index contributed by atoms with van der Waals surface area (Å²) in [6.45, 7) is 0. The molecular formula is C21H14F3N5O. The van der Waals surface area contributed by atoms with Crippen molar-refractivity contribution in [2.24, 2.45) is 0 Å². The Morgan fingerprint density at radius 3 is 2.43 bits per heavy atom. The number of anilines is 1. The molecule has 5 aromatic rings. The van der Waals surface area contributed by atoms with Gasteiger partial charge in [0.05, 0.1) is 0 Å². The van der Waals surface area contributed by atoms with E-state index < -0.39 is 18.0 Å². The second-order valence-corrected chi connectivity index (χ2v) is 6.68. The van der Waals surface area contributed by atoms with Gasteiger partial charge in [-0.3, -0.25) is 0 Å². The molecule has 6 nitrogen and oxygen atoms in total. The molecule has 150 valence electrons. The van der Waals surface area contributed by atoms with Gasteiger partial charge in [0.25, 0.3) is 5.82 Å². The third kappa shape index (κ3) is 3.24. The van der Waals surface area contributed by atoms with E-state index in [1.165, 1.54) is 6.07 Å². The Morgan fingerprint density at radius 1 is 0.900 bits per heavy atom. The Balaban J connectivity index is 1.59. The SMILES string of the molecule is FC(F)(F)c1nnc2ccc(NC(c3ccccc3)c3cc4ccccc4o3)nn12. The molecular weight excluding hydrogens is 395 g/mol. The summed E-state index contributed by atoms with van der Waals surface area (Å²) in [5.41, 5.74) is 1.60. The minimum atomic E-state index is -4.66. The maximum Gasteiger partial charge on any atom is 0.453 e. The van der Waals surface area contributed by atoms with Crippen LogP contribution in [0.5, 0.6) is 0 Å². The van der Waals surface area contributed by atoms with Crippen LogP contribution in [0.1, 0.15) is 23.2 Å². The number of rotatable bonds is 4. The zero-order chi connectivity index (χ0) is 20.7. The van der Waals surface area contributed by atoms with Crippen LogP contribution in [0.25, 0.3) is 16.6 Å². The lowest BCUT2D eigenvalue weighted by Gasteiger charge is -2.18. The first-order valence-corrected chi connectivity index (χ1v) is 9.09. The number of nitrogens with zero attached hydrogens (tertiary/aromatic N) is 4. The first-order chi connectivity index (χ1) is 14.5. The van der Waals surface area contributed by atoms with E-state index in [-0.39, 0.29) is 11.5 Å². The number of halogens is 3. The maximum atomic E-state index is 13.2. The van der Waals surface area contributed by atoms with Gasteiger partial charge in [0, 0.05) is 5.39 Å². The van der Waals surface area contributed by atoms with Crippen LogP contribution in [0, 0.1) is 0 Å².